The zero-order chi connectivity index (χ0) is 16.9. The fourth-order valence-electron chi connectivity index (χ4n) is 2.26. The molecule has 0 saturated carbocycles. The lowest BCUT2D eigenvalue weighted by atomic mass is 9.92. The molecule has 0 aliphatic heterocycles. The Morgan fingerprint density at radius 3 is 2.38 bits per heavy atom. The van der Waals surface area contributed by atoms with Crippen LogP contribution in [-0.4, -0.2) is 31.0 Å². The minimum atomic E-state index is -1.07. The second kappa shape index (κ2) is 8.92. The topological polar surface area (TPSA) is 55.6 Å². The number of rotatable bonds is 6. The summed E-state index contributed by atoms with van der Waals surface area (Å²) in [6.07, 6.45) is 0. The van der Waals surface area contributed by atoms with E-state index in [1.165, 1.54) is 0 Å². The van der Waals surface area contributed by atoms with Gasteiger partial charge in [0.05, 0.1) is 11.6 Å². The van der Waals surface area contributed by atoms with Gasteiger partial charge in [0.2, 0.25) is 5.91 Å². The third-order valence-corrected chi connectivity index (χ3v) is 4.00. The number of benzene rings is 2. The van der Waals surface area contributed by atoms with Gasteiger partial charge in [0, 0.05) is 7.05 Å². The zero-order valence-corrected chi connectivity index (χ0v) is 15.3. The van der Waals surface area contributed by atoms with Crippen molar-refractivity contribution in [2.45, 2.75) is 12.5 Å². The van der Waals surface area contributed by atoms with E-state index in [2.05, 4.69) is 0 Å². The van der Waals surface area contributed by atoms with Crippen molar-refractivity contribution in [2.75, 3.05) is 20.2 Å². The van der Waals surface area contributed by atoms with Crippen molar-refractivity contribution >= 4 is 29.9 Å². The first-order valence-electron chi connectivity index (χ1n) is 7.40. The van der Waals surface area contributed by atoms with Gasteiger partial charge in [-0.3, -0.25) is 4.79 Å². The molecule has 1 unspecified atom stereocenters. The summed E-state index contributed by atoms with van der Waals surface area (Å²) < 4.78 is 5.61. The number of hydrogen-bond donors (Lipinski definition) is 1. The number of halogens is 2. The molecule has 6 heteroatoms. The fourth-order valence-corrected chi connectivity index (χ4v) is 2.45. The SMILES string of the molecule is CN(CCOc1ccccc1Cl)C(=O)C(C)(N)c1ccccc1.Cl. The molecule has 2 aromatic carbocycles. The summed E-state index contributed by atoms with van der Waals surface area (Å²) in [5.74, 6) is 0.444. The van der Waals surface area contributed by atoms with E-state index in [-0.39, 0.29) is 18.3 Å². The molecule has 4 nitrogen and oxygen atoms in total. The van der Waals surface area contributed by atoms with Gasteiger partial charge in [-0.05, 0) is 24.6 Å². The van der Waals surface area contributed by atoms with Crippen molar-refractivity contribution < 1.29 is 9.53 Å². The van der Waals surface area contributed by atoms with Crippen LogP contribution in [0.3, 0.4) is 0 Å². The minimum absolute atomic E-state index is 0. The molecule has 24 heavy (non-hydrogen) atoms. The Balaban J connectivity index is 0.00000288. The molecule has 2 rings (SSSR count). The van der Waals surface area contributed by atoms with E-state index in [0.29, 0.717) is 23.9 Å². The van der Waals surface area contributed by atoms with Crippen LogP contribution in [0.15, 0.2) is 54.6 Å². The molecule has 0 aliphatic carbocycles. The Hall–Kier alpha value is -1.75. The standard InChI is InChI=1S/C18H21ClN2O2.ClH/c1-18(20,14-8-4-3-5-9-14)17(22)21(2)12-13-23-16-11-7-6-10-15(16)19;/h3-11H,12-13,20H2,1-2H3;1H. The average Bonchev–Trinajstić information content (AvgIpc) is 2.56. The number of carbonyl (C=O) groups excluding carboxylic acids is 1. The van der Waals surface area contributed by atoms with Crippen molar-refractivity contribution in [3.8, 4) is 5.75 Å². The summed E-state index contributed by atoms with van der Waals surface area (Å²) in [6.45, 7) is 2.48. The highest BCUT2D eigenvalue weighted by Crippen LogP contribution is 2.23. The zero-order valence-electron chi connectivity index (χ0n) is 13.7. The van der Waals surface area contributed by atoms with Crippen LogP contribution in [0.25, 0.3) is 0 Å². The van der Waals surface area contributed by atoms with Crippen LogP contribution in [-0.2, 0) is 10.3 Å². The molecule has 1 atom stereocenters. The first kappa shape index (κ1) is 20.3. The smallest absolute Gasteiger partial charge is 0.246 e. The number of para-hydroxylation sites is 1. The number of ether oxygens (including phenoxy) is 1. The van der Waals surface area contributed by atoms with Gasteiger partial charge in [0.15, 0.2) is 0 Å². The van der Waals surface area contributed by atoms with E-state index >= 15 is 0 Å². The first-order chi connectivity index (χ1) is 10.9. The van der Waals surface area contributed by atoms with Crippen molar-refractivity contribution in [3.63, 3.8) is 0 Å². The van der Waals surface area contributed by atoms with Gasteiger partial charge in [0.1, 0.15) is 17.9 Å². The van der Waals surface area contributed by atoms with Gasteiger partial charge in [-0.25, -0.2) is 0 Å². The van der Waals surface area contributed by atoms with Gasteiger partial charge in [-0.15, -0.1) is 12.4 Å². The molecule has 0 aliphatic rings. The van der Waals surface area contributed by atoms with Gasteiger partial charge in [-0.1, -0.05) is 54.1 Å². The number of amides is 1. The maximum Gasteiger partial charge on any atom is 0.246 e. The molecule has 0 saturated heterocycles. The third-order valence-electron chi connectivity index (χ3n) is 3.69. The number of nitrogens with two attached hydrogens (primary N) is 1. The van der Waals surface area contributed by atoms with Crippen molar-refractivity contribution in [3.05, 3.63) is 65.2 Å². The van der Waals surface area contributed by atoms with E-state index in [4.69, 9.17) is 22.1 Å². The van der Waals surface area contributed by atoms with E-state index in [0.717, 1.165) is 5.56 Å². The predicted octanol–water partition coefficient (Wildman–Crippen LogP) is 3.47. The summed E-state index contributed by atoms with van der Waals surface area (Å²) in [6, 6.07) is 16.6. The Morgan fingerprint density at radius 1 is 1.17 bits per heavy atom. The highest BCUT2D eigenvalue weighted by molar-refractivity contribution is 6.32. The maximum absolute atomic E-state index is 12.6. The van der Waals surface area contributed by atoms with Crippen LogP contribution in [0.4, 0.5) is 0 Å². The molecule has 0 bridgehead atoms. The highest BCUT2D eigenvalue weighted by atomic mass is 35.5. The molecule has 0 spiro atoms. The second-order valence-corrected chi connectivity index (χ2v) is 5.98. The largest absolute Gasteiger partial charge is 0.490 e. The van der Waals surface area contributed by atoms with Crippen LogP contribution in [0, 0.1) is 0 Å². The second-order valence-electron chi connectivity index (χ2n) is 5.57. The summed E-state index contributed by atoms with van der Waals surface area (Å²) >= 11 is 6.03. The van der Waals surface area contributed by atoms with E-state index in [1.807, 2.05) is 42.5 Å². The lowest BCUT2D eigenvalue weighted by molar-refractivity contribution is -0.135. The van der Waals surface area contributed by atoms with Crippen molar-refractivity contribution in [1.29, 1.82) is 0 Å². The Kier molecular flexibility index (Phi) is 7.55. The van der Waals surface area contributed by atoms with Crippen molar-refractivity contribution in [1.82, 2.24) is 4.90 Å². The fraction of sp³-hybridized carbons (Fsp3) is 0.278. The Labute approximate surface area is 154 Å². The van der Waals surface area contributed by atoms with E-state index in [1.54, 1.807) is 31.0 Å². The summed E-state index contributed by atoms with van der Waals surface area (Å²) in [7, 11) is 1.71. The Morgan fingerprint density at radius 2 is 1.75 bits per heavy atom. The monoisotopic (exact) mass is 368 g/mol. The molecule has 0 radical (unpaired) electrons. The number of carbonyl (C=O) groups is 1. The predicted molar refractivity (Wildman–Crippen MR) is 99.8 cm³/mol. The van der Waals surface area contributed by atoms with Gasteiger partial charge >= 0.3 is 0 Å². The molecule has 0 fully saturated rings. The van der Waals surface area contributed by atoms with Crippen LogP contribution >= 0.6 is 24.0 Å². The lowest BCUT2D eigenvalue weighted by Crippen LogP contribution is -2.50. The molecule has 1 amide bonds. The van der Waals surface area contributed by atoms with Crippen molar-refractivity contribution in [2.24, 2.45) is 5.73 Å². The molecule has 130 valence electrons. The first-order valence-corrected chi connectivity index (χ1v) is 7.78. The van der Waals surface area contributed by atoms with E-state index in [9.17, 15) is 4.79 Å². The molecule has 2 N–H and O–H groups in total. The molecule has 0 aromatic heterocycles. The van der Waals surface area contributed by atoms with Crippen LogP contribution < -0.4 is 10.5 Å². The highest BCUT2D eigenvalue weighted by Gasteiger charge is 2.32. The minimum Gasteiger partial charge on any atom is -0.490 e. The summed E-state index contributed by atoms with van der Waals surface area (Å²) in [4.78, 5) is 14.2. The number of nitrogens with zero attached hydrogens (tertiary/aromatic N) is 1. The lowest BCUT2D eigenvalue weighted by Gasteiger charge is -2.29. The molecular formula is C18H22Cl2N2O2. The van der Waals surface area contributed by atoms with Crippen LogP contribution in [0.1, 0.15) is 12.5 Å². The Bertz CT molecular complexity index is 663. The average molecular weight is 369 g/mol. The normalized spacial score (nSPS) is 12.7. The number of hydrogen-bond acceptors (Lipinski definition) is 3. The van der Waals surface area contributed by atoms with Gasteiger partial charge in [-0.2, -0.15) is 0 Å². The van der Waals surface area contributed by atoms with Crippen LogP contribution in [0.2, 0.25) is 5.02 Å². The van der Waals surface area contributed by atoms with E-state index < -0.39 is 5.54 Å². The van der Waals surface area contributed by atoms with Gasteiger partial charge < -0.3 is 15.4 Å². The maximum atomic E-state index is 12.6. The quantitative estimate of drug-likeness (QED) is 0.848. The van der Waals surface area contributed by atoms with Crippen LogP contribution in [0.5, 0.6) is 5.75 Å². The molecular weight excluding hydrogens is 347 g/mol. The molecule has 2 aromatic rings. The van der Waals surface area contributed by atoms with Gasteiger partial charge in [0.25, 0.3) is 0 Å². The summed E-state index contributed by atoms with van der Waals surface area (Å²) in [5.41, 5.74) is 5.95. The number of likely N-dealkylation sites (N-methyl/N-ethyl adjacent to an activating group) is 1. The summed E-state index contributed by atoms with van der Waals surface area (Å²) in [5, 5.41) is 0.550. The molecule has 0 heterocycles. The third kappa shape index (κ3) is 4.87.